The lowest BCUT2D eigenvalue weighted by molar-refractivity contribution is 0.364. The predicted molar refractivity (Wildman–Crippen MR) is 72.5 cm³/mol. The van der Waals surface area contributed by atoms with Crippen molar-refractivity contribution in [3.8, 4) is 18.1 Å². The number of rotatable bonds is 7. The smallest absolute Gasteiger partial charge is 0.148 e. The van der Waals surface area contributed by atoms with E-state index in [-0.39, 0.29) is 6.61 Å². The molecular weight excluding hydrogens is 240 g/mol. The van der Waals surface area contributed by atoms with Crippen molar-refractivity contribution in [1.29, 1.82) is 0 Å². The SMILES string of the molecule is C#CCOc1ccccc1CNCCn1ccnn1. The van der Waals surface area contributed by atoms with Crippen molar-refractivity contribution in [1.82, 2.24) is 20.3 Å². The standard InChI is InChI=1S/C14H16N4O/c1-2-11-19-14-6-4-3-5-13(14)12-15-7-9-18-10-8-16-17-18/h1,3-6,8,10,15H,7,9,11-12H2. The van der Waals surface area contributed by atoms with Gasteiger partial charge in [-0.3, -0.25) is 4.68 Å². The predicted octanol–water partition coefficient (Wildman–Crippen LogP) is 1.08. The second kappa shape index (κ2) is 7.19. The molecule has 1 N–H and O–H groups in total. The van der Waals surface area contributed by atoms with Gasteiger partial charge in [0.1, 0.15) is 12.4 Å². The third kappa shape index (κ3) is 4.12. The zero-order valence-corrected chi connectivity index (χ0v) is 10.6. The molecule has 2 rings (SSSR count). The summed E-state index contributed by atoms with van der Waals surface area (Å²) < 4.78 is 7.27. The molecule has 0 amide bonds. The number of nitrogens with one attached hydrogen (secondary N) is 1. The van der Waals surface area contributed by atoms with Crippen LogP contribution in [0.5, 0.6) is 5.75 Å². The molecule has 0 radical (unpaired) electrons. The van der Waals surface area contributed by atoms with E-state index in [4.69, 9.17) is 11.2 Å². The van der Waals surface area contributed by atoms with Gasteiger partial charge in [-0.15, -0.1) is 11.5 Å². The van der Waals surface area contributed by atoms with Gasteiger partial charge >= 0.3 is 0 Å². The van der Waals surface area contributed by atoms with Gasteiger partial charge in [0.05, 0.1) is 12.7 Å². The zero-order chi connectivity index (χ0) is 13.3. The number of hydrogen-bond donors (Lipinski definition) is 1. The molecule has 0 unspecified atom stereocenters. The summed E-state index contributed by atoms with van der Waals surface area (Å²) in [6, 6.07) is 7.86. The fourth-order valence-corrected chi connectivity index (χ4v) is 1.68. The van der Waals surface area contributed by atoms with Crippen LogP contribution in [-0.2, 0) is 13.1 Å². The van der Waals surface area contributed by atoms with E-state index in [1.54, 1.807) is 10.9 Å². The van der Waals surface area contributed by atoms with Gasteiger partial charge in [-0.1, -0.05) is 29.3 Å². The molecule has 0 aliphatic rings. The van der Waals surface area contributed by atoms with Crippen molar-refractivity contribution < 1.29 is 4.74 Å². The molecule has 0 spiro atoms. The largest absolute Gasteiger partial charge is 0.481 e. The maximum Gasteiger partial charge on any atom is 0.148 e. The molecule has 19 heavy (non-hydrogen) atoms. The number of para-hydroxylation sites is 1. The number of hydrogen-bond acceptors (Lipinski definition) is 4. The number of aromatic nitrogens is 3. The average Bonchev–Trinajstić information content (AvgIpc) is 2.95. The Hall–Kier alpha value is -2.32. The van der Waals surface area contributed by atoms with E-state index in [0.29, 0.717) is 0 Å². The van der Waals surface area contributed by atoms with Gasteiger partial charge < -0.3 is 10.1 Å². The number of nitrogens with zero attached hydrogens (tertiary/aromatic N) is 3. The second-order valence-electron chi connectivity index (χ2n) is 3.94. The summed E-state index contributed by atoms with van der Waals surface area (Å²) in [6.07, 6.45) is 8.70. The molecule has 98 valence electrons. The van der Waals surface area contributed by atoms with Gasteiger partial charge in [0.15, 0.2) is 0 Å². The fourth-order valence-electron chi connectivity index (χ4n) is 1.68. The van der Waals surface area contributed by atoms with Crippen molar-refractivity contribution >= 4 is 0 Å². The van der Waals surface area contributed by atoms with Crippen molar-refractivity contribution in [3.05, 3.63) is 42.2 Å². The first-order chi connectivity index (χ1) is 9.40. The van der Waals surface area contributed by atoms with E-state index in [0.717, 1.165) is 30.9 Å². The van der Waals surface area contributed by atoms with E-state index in [1.807, 2.05) is 30.5 Å². The Morgan fingerprint density at radius 1 is 1.37 bits per heavy atom. The Kier molecular flexibility index (Phi) is 4.96. The van der Waals surface area contributed by atoms with Gasteiger partial charge in [-0.25, -0.2) is 0 Å². The Morgan fingerprint density at radius 2 is 2.26 bits per heavy atom. The highest BCUT2D eigenvalue weighted by Crippen LogP contribution is 2.17. The van der Waals surface area contributed by atoms with Crippen LogP contribution in [0.1, 0.15) is 5.56 Å². The topological polar surface area (TPSA) is 52.0 Å². The summed E-state index contributed by atoms with van der Waals surface area (Å²) in [5.41, 5.74) is 1.09. The van der Waals surface area contributed by atoms with E-state index in [9.17, 15) is 0 Å². The van der Waals surface area contributed by atoms with Crippen LogP contribution in [0.2, 0.25) is 0 Å². The van der Waals surface area contributed by atoms with E-state index in [2.05, 4.69) is 21.5 Å². The summed E-state index contributed by atoms with van der Waals surface area (Å²) in [4.78, 5) is 0. The van der Waals surface area contributed by atoms with Crippen molar-refractivity contribution in [3.63, 3.8) is 0 Å². The summed E-state index contributed by atoms with van der Waals surface area (Å²) in [5.74, 6) is 3.30. The first-order valence-corrected chi connectivity index (χ1v) is 6.09. The first-order valence-electron chi connectivity index (χ1n) is 6.09. The summed E-state index contributed by atoms with van der Waals surface area (Å²) >= 11 is 0. The lowest BCUT2D eigenvalue weighted by Crippen LogP contribution is -2.20. The molecule has 0 aliphatic heterocycles. The lowest BCUT2D eigenvalue weighted by Gasteiger charge is -2.10. The third-order valence-electron chi connectivity index (χ3n) is 2.59. The summed E-state index contributed by atoms with van der Waals surface area (Å²) in [7, 11) is 0. The molecule has 2 aromatic rings. The van der Waals surface area contributed by atoms with E-state index >= 15 is 0 Å². The maximum atomic E-state index is 5.49. The highest BCUT2D eigenvalue weighted by molar-refractivity contribution is 5.33. The summed E-state index contributed by atoms with van der Waals surface area (Å²) in [6.45, 7) is 2.62. The number of ether oxygens (including phenoxy) is 1. The Bertz CT molecular complexity index is 531. The maximum absolute atomic E-state index is 5.49. The molecule has 0 fully saturated rings. The molecule has 0 bridgehead atoms. The number of terminal acetylenes is 1. The highest BCUT2D eigenvalue weighted by atomic mass is 16.5. The van der Waals surface area contributed by atoms with Gasteiger partial charge in [-0.05, 0) is 6.07 Å². The lowest BCUT2D eigenvalue weighted by atomic mass is 10.2. The highest BCUT2D eigenvalue weighted by Gasteiger charge is 2.01. The van der Waals surface area contributed by atoms with Crippen LogP contribution in [0.3, 0.4) is 0 Å². The molecule has 5 nitrogen and oxygen atoms in total. The van der Waals surface area contributed by atoms with Crippen LogP contribution in [0.4, 0.5) is 0 Å². The first kappa shape index (κ1) is 13.1. The van der Waals surface area contributed by atoms with Gasteiger partial charge in [0.2, 0.25) is 0 Å². The van der Waals surface area contributed by atoms with E-state index in [1.165, 1.54) is 0 Å². The molecule has 0 saturated heterocycles. The molecule has 1 aromatic heterocycles. The Balaban J connectivity index is 1.80. The molecule has 5 heteroatoms. The van der Waals surface area contributed by atoms with Crippen molar-refractivity contribution in [2.45, 2.75) is 13.1 Å². The molecule has 0 atom stereocenters. The van der Waals surface area contributed by atoms with Gasteiger partial charge in [-0.2, -0.15) is 0 Å². The summed E-state index contributed by atoms with van der Waals surface area (Å²) in [5, 5.41) is 11.0. The molecule has 0 aliphatic carbocycles. The minimum atomic E-state index is 0.288. The van der Waals surface area contributed by atoms with Crippen LogP contribution in [0.25, 0.3) is 0 Å². The van der Waals surface area contributed by atoms with Crippen LogP contribution < -0.4 is 10.1 Å². The zero-order valence-electron chi connectivity index (χ0n) is 10.6. The molecule has 1 heterocycles. The van der Waals surface area contributed by atoms with Crippen molar-refractivity contribution in [2.24, 2.45) is 0 Å². The van der Waals surface area contributed by atoms with E-state index < -0.39 is 0 Å². The minimum absolute atomic E-state index is 0.288. The average molecular weight is 256 g/mol. The monoisotopic (exact) mass is 256 g/mol. The van der Waals surface area contributed by atoms with Crippen molar-refractivity contribution in [2.75, 3.05) is 13.2 Å². The third-order valence-corrected chi connectivity index (χ3v) is 2.59. The van der Waals surface area contributed by atoms with Crippen LogP contribution in [0, 0.1) is 12.3 Å². The van der Waals surface area contributed by atoms with Gasteiger partial charge in [0, 0.05) is 24.8 Å². The van der Waals surface area contributed by atoms with Crippen LogP contribution in [-0.4, -0.2) is 28.1 Å². The van der Waals surface area contributed by atoms with Gasteiger partial charge in [0.25, 0.3) is 0 Å². The molecule has 1 aromatic carbocycles. The second-order valence-corrected chi connectivity index (χ2v) is 3.94. The normalized spacial score (nSPS) is 10.1. The Labute approximate surface area is 112 Å². The molecular formula is C14H16N4O. The Morgan fingerprint density at radius 3 is 3.05 bits per heavy atom. The fraction of sp³-hybridized carbons (Fsp3) is 0.286. The molecule has 0 saturated carbocycles. The number of benzene rings is 1. The quantitative estimate of drug-likeness (QED) is 0.595. The van der Waals surface area contributed by atoms with Crippen LogP contribution in [0.15, 0.2) is 36.7 Å². The minimum Gasteiger partial charge on any atom is -0.481 e. The van der Waals surface area contributed by atoms with Crippen LogP contribution >= 0.6 is 0 Å².